The fourth-order valence-electron chi connectivity index (χ4n) is 0.745. The summed E-state index contributed by atoms with van der Waals surface area (Å²) >= 11 is 0. The zero-order valence-corrected chi connectivity index (χ0v) is 6.09. The van der Waals surface area contributed by atoms with E-state index in [4.69, 9.17) is 5.11 Å². The van der Waals surface area contributed by atoms with Crippen LogP contribution in [-0.4, -0.2) is 16.4 Å². The molecule has 1 aromatic heterocycles. The number of aromatic nitrogens is 1. The Balaban J connectivity index is 2.92. The molecule has 0 saturated carbocycles. The molecule has 0 aliphatic carbocycles. The largest absolute Gasteiger partial charge is 0.418 e. The van der Waals surface area contributed by atoms with E-state index in [1.807, 2.05) is 0 Å². The van der Waals surface area contributed by atoms with Gasteiger partial charge < -0.3 is 9.63 Å². The Morgan fingerprint density at radius 2 is 2.17 bits per heavy atom. The Labute approximate surface area is 65.8 Å². The van der Waals surface area contributed by atoms with Crippen molar-refractivity contribution in [1.82, 2.24) is 5.16 Å². The molecule has 0 aromatic carbocycles. The lowest BCUT2D eigenvalue weighted by Gasteiger charge is -2.12. The van der Waals surface area contributed by atoms with Gasteiger partial charge in [0.15, 0.2) is 6.10 Å². The summed E-state index contributed by atoms with van der Waals surface area (Å²) in [5, 5.41) is 11.8. The maximum atomic E-state index is 11.9. The van der Waals surface area contributed by atoms with Crippen LogP contribution in [0.25, 0.3) is 0 Å². The molecule has 0 spiro atoms. The van der Waals surface area contributed by atoms with Crippen molar-refractivity contribution < 1.29 is 22.8 Å². The Morgan fingerprint density at radius 1 is 1.58 bits per heavy atom. The molecule has 0 aliphatic rings. The number of nitrogens with zero attached hydrogens (tertiary/aromatic N) is 1. The van der Waals surface area contributed by atoms with E-state index in [1.54, 1.807) is 0 Å². The third kappa shape index (κ3) is 1.58. The first-order valence-electron chi connectivity index (χ1n) is 3.09. The lowest BCUT2D eigenvalue weighted by Crippen LogP contribution is -2.20. The fraction of sp³-hybridized carbons (Fsp3) is 0.500. The number of aliphatic hydroxyl groups excluding tert-OH is 1. The minimum Gasteiger partial charge on any atom is -0.379 e. The van der Waals surface area contributed by atoms with Crippen molar-refractivity contribution in [3.63, 3.8) is 0 Å². The number of aliphatic hydroxyl groups is 1. The molecule has 0 bridgehead atoms. The third-order valence-electron chi connectivity index (χ3n) is 1.39. The highest BCUT2D eigenvalue weighted by Gasteiger charge is 2.41. The quantitative estimate of drug-likeness (QED) is 0.715. The van der Waals surface area contributed by atoms with E-state index in [0.29, 0.717) is 0 Å². The average Bonchev–Trinajstić information content (AvgIpc) is 2.31. The van der Waals surface area contributed by atoms with Crippen molar-refractivity contribution in [3.05, 3.63) is 17.5 Å². The van der Waals surface area contributed by atoms with Gasteiger partial charge in [-0.1, -0.05) is 5.16 Å². The van der Waals surface area contributed by atoms with E-state index < -0.39 is 12.3 Å². The van der Waals surface area contributed by atoms with Gasteiger partial charge in [-0.25, -0.2) is 0 Å². The molecule has 0 saturated heterocycles. The fourth-order valence-corrected chi connectivity index (χ4v) is 0.745. The van der Waals surface area contributed by atoms with Gasteiger partial charge in [0.25, 0.3) is 0 Å². The Bertz CT molecular complexity index is 268. The molecule has 0 unspecified atom stereocenters. The summed E-state index contributed by atoms with van der Waals surface area (Å²) in [5.74, 6) is -0.0279. The van der Waals surface area contributed by atoms with Crippen molar-refractivity contribution in [3.8, 4) is 0 Å². The second-order valence-electron chi connectivity index (χ2n) is 2.28. The summed E-state index contributed by atoms with van der Waals surface area (Å²) in [4.78, 5) is 0. The van der Waals surface area contributed by atoms with Crippen LogP contribution in [-0.2, 0) is 0 Å². The Kier molecular flexibility index (Phi) is 2.10. The molecule has 1 rings (SSSR count). The van der Waals surface area contributed by atoms with Crippen LogP contribution in [0.2, 0.25) is 0 Å². The molecule has 0 radical (unpaired) electrons. The molecular weight excluding hydrogens is 175 g/mol. The smallest absolute Gasteiger partial charge is 0.379 e. The highest BCUT2D eigenvalue weighted by atomic mass is 19.4. The van der Waals surface area contributed by atoms with Gasteiger partial charge in [0, 0.05) is 0 Å². The summed E-state index contributed by atoms with van der Waals surface area (Å²) in [6.07, 6.45) is -6.33. The van der Waals surface area contributed by atoms with Crippen LogP contribution in [0.4, 0.5) is 13.2 Å². The standard InChI is InChI=1S/C6H6F3NO2/c1-3-4(2-10-12-3)5(11)6(7,8)9/h2,5,11H,1H3/t5-/m1/s1. The molecule has 3 nitrogen and oxygen atoms in total. The van der Waals surface area contributed by atoms with E-state index >= 15 is 0 Å². The second-order valence-corrected chi connectivity index (χ2v) is 2.28. The van der Waals surface area contributed by atoms with E-state index in [2.05, 4.69) is 9.68 Å². The van der Waals surface area contributed by atoms with Crippen LogP contribution in [0.3, 0.4) is 0 Å². The number of rotatable bonds is 1. The van der Waals surface area contributed by atoms with Crippen molar-refractivity contribution in [1.29, 1.82) is 0 Å². The van der Waals surface area contributed by atoms with Crippen molar-refractivity contribution >= 4 is 0 Å². The van der Waals surface area contributed by atoms with E-state index in [9.17, 15) is 13.2 Å². The monoisotopic (exact) mass is 181 g/mol. The van der Waals surface area contributed by atoms with Gasteiger partial charge in [0.1, 0.15) is 5.76 Å². The van der Waals surface area contributed by atoms with Gasteiger partial charge in [-0.05, 0) is 6.92 Å². The van der Waals surface area contributed by atoms with Gasteiger partial charge in [0.05, 0.1) is 11.8 Å². The molecule has 6 heteroatoms. The minimum atomic E-state index is -4.67. The van der Waals surface area contributed by atoms with E-state index in [-0.39, 0.29) is 11.3 Å². The SMILES string of the molecule is Cc1oncc1[C@@H](O)C(F)(F)F. The number of alkyl halides is 3. The van der Waals surface area contributed by atoms with Crippen LogP contribution in [0.15, 0.2) is 10.7 Å². The van der Waals surface area contributed by atoms with Crippen LogP contribution >= 0.6 is 0 Å². The summed E-state index contributed by atoms with van der Waals surface area (Å²) in [5.41, 5.74) is -0.345. The van der Waals surface area contributed by atoms with E-state index in [1.165, 1.54) is 6.92 Å². The molecule has 1 heterocycles. The van der Waals surface area contributed by atoms with Crippen molar-refractivity contribution in [2.24, 2.45) is 0 Å². The Hall–Kier alpha value is -1.04. The van der Waals surface area contributed by atoms with Crippen LogP contribution in [0, 0.1) is 6.92 Å². The topological polar surface area (TPSA) is 46.3 Å². The molecule has 0 aliphatic heterocycles. The first-order chi connectivity index (χ1) is 5.43. The summed E-state index contributed by atoms with van der Waals surface area (Å²) in [6, 6.07) is 0. The number of hydrogen-bond acceptors (Lipinski definition) is 3. The second kappa shape index (κ2) is 2.78. The Morgan fingerprint density at radius 3 is 2.50 bits per heavy atom. The third-order valence-corrected chi connectivity index (χ3v) is 1.39. The highest BCUT2D eigenvalue weighted by Crippen LogP contribution is 2.33. The van der Waals surface area contributed by atoms with Crippen LogP contribution in [0.1, 0.15) is 17.4 Å². The summed E-state index contributed by atoms with van der Waals surface area (Å²) in [6.45, 7) is 1.30. The lowest BCUT2D eigenvalue weighted by molar-refractivity contribution is -0.207. The van der Waals surface area contributed by atoms with Gasteiger partial charge in [-0.2, -0.15) is 13.2 Å². The predicted octanol–water partition coefficient (Wildman–Crippen LogP) is 1.58. The molecule has 12 heavy (non-hydrogen) atoms. The first-order valence-corrected chi connectivity index (χ1v) is 3.09. The van der Waals surface area contributed by atoms with Crippen LogP contribution < -0.4 is 0 Å². The summed E-state index contributed by atoms with van der Waals surface area (Å²) < 4.78 is 40.0. The van der Waals surface area contributed by atoms with Gasteiger partial charge in [-0.15, -0.1) is 0 Å². The zero-order valence-electron chi connectivity index (χ0n) is 6.09. The van der Waals surface area contributed by atoms with Gasteiger partial charge >= 0.3 is 6.18 Å². The van der Waals surface area contributed by atoms with Crippen molar-refractivity contribution in [2.45, 2.75) is 19.2 Å². The number of hydrogen-bond donors (Lipinski definition) is 1. The molecule has 1 aromatic rings. The van der Waals surface area contributed by atoms with Gasteiger partial charge in [0.2, 0.25) is 0 Å². The average molecular weight is 181 g/mol. The molecule has 0 amide bonds. The first kappa shape index (κ1) is 9.05. The molecular formula is C6H6F3NO2. The van der Waals surface area contributed by atoms with Gasteiger partial charge in [-0.3, -0.25) is 0 Å². The molecule has 1 N–H and O–H groups in total. The predicted molar refractivity (Wildman–Crippen MR) is 32.3 cm³/mol. The number of halogens is 3. The van der Waals surface area contributed by atoms with Crippen molar-refractivity contribution in [2.75, 3.05) is 0 Å². The normalized spacial score (nSPS) is 14.8. The lowest BCUT2D eigenvalue weighted by atomic mass is 10.1. The maximum absolute atomic E-state index is 11.9. The molecule has 0 fully saturated rings. The summed E-state index contributed by atoms with van der Waals surface area (Å²) in [7, 11) is 0. The zero-order chi connectivity index (χ0) is 9.35. The molecule has 1 atom stereocenters. The highest BCUT2D eigenvalue weighted by molar-refractivity contribution is 5.16. The van der Waals surface area contributed by atoms with E-state index in [0.717, 1.165) is 6.20 Å². The molecule has 68 valence electrons. The van der Waals surface area contributed by atoms with Crippen LogP contribution in [0.5, 0.6) is 0 Å². The maximum Gasteiger partial charge on any atom is 0.418 e. The number of aryl methyl sites for hydroxylation is 1. The minimum absolute atomic E-state index is 0.0279.